The lowest BCUT2D eigenvalue weighted by molar-refractivity contribution is -0.122. The molecule has 0 spiro atoms. The molecular weight excluding hydrogens is 530 g/mol. The van der Waals surface area contributed by atoms with Gasteiger partial charge in [0.25, 0.3) is 5.56 Å². The molecule has 0 bridgehead atoms. The number of carbonyl (C=O) groups excluding carboxylic acids is 1. The van der Waals surface area contributed by atoms with E-state index in [9.17, 15) is 18.0 Å². The first-order valence-electron chi connectivity index (χ1n) is 13.5. The molecule has 2 N–H and O–H groups in total. The maximum absolute atomic E-state index is 13.5. The number of hydrogen-bond donors (Lipinski definition) is 2. The highest BCUT2D eigenvalue weighted by atomic mass is 32.2. The molecule has 5 rings (SSSR count). The third-order valence-electron chi connectivity index (χ3n) is 7.34. The van der Waals surface area contributed by atoms with E-state index in [-0.39, 0.29) is 21.5 Å². The number of sulfone groups is 1. The number of benzene rings is 2. The number of aryl methyl sites for hydroxylation is 2. The van der Waals surface area contributed by atoms with Gasteiger partial charge in [-0.05, 0) is 56.0 Å². The molecule has 2 aromatic carbocycles. The normalized spacial score (nSPS) is 14.9. The molecule has 1 fully saturated rings. The van der Waals surface area contributed by atoms with Crippen molar-refractivity contribution in [1.29, 1.82) is 0 Å². The van der Waals surface area contributed by atoms with Gasteiger partial charge in [0.05, 0.1) is 22.3 Å². The van der Waals surface area contributed by atoms with Crippen molar-refractivity contribution < 1.29 is 13.2 Å². The summed E-state index contributed by atoms with van der Waals surface area (Å²) in [5.41, 5.74) is 2.37. The number of aromatic amines is 1. The van der Waals surface area contributed by atoms with Crippen LogP contribution < -0.4 is 15.8 Å². The van der Waals surface area contributed by atoms with Crippen LogP contribution >= 0.6 is 0 Å². The molecule has 11 nitrogen and oxygen atoms in total. The number of rotatable bonds is 8. The number of nitrogens with zero attached hydrogens (tertiary/aromatic N) is 5. The van der Waals surface area contributed by atoms with Gasteiger partial charge in [-0.3, -0.25) is 14.5 Å². The Labute approximate surface area is 233 Å². The van der Waals surface area contributed by atoms with Crippen molar-refractivity contribution in [2.45, 2.75) is 44.0 Å². The molecule has 0 aliphatic carbocycles. The predicted molar refractivity (Wildman–Crippen MR) is 154 cm³/mol. The smallest absolute Gasteiger partial charge is 0.281 e. The fourth-order valence-electron chi connectivity index (χ4n) is 5.10. The number of anilines is 1. The lowest BCUT2D eigenvalue weighted by atomic mass is 10.1. The van der Waals surface area contributed by atoms with Gasteiger partial charge in [-0.1, -0.05) is 31.5 Å². The molecule has 1 aliphatic rings. The van der Waals surface area contributed by atoms with Gasteiger partial charge >= 0.3 is 0 Å². The van der Waals surface area contributed by atoms with Crippen LogP contribution in [0.15, 0.2) is 51.1 Å². The van der Waals surface area contributed by atoms with Crippen molar-refractivity contribution in [1.82, 2.24) is 30.0 Å². The van der Waals surface area contributed by atoms with Gasteiger partial charge in [-0.25, -0.2) is 18.1 Å². The second-order valence-electron chi connectivity index (χ2n) is 10.9. The number of amides is 1. The summed E-state index contributed by atoms with van der Waals surface area (Å²) in [5, 5.41) is 9.92. The molecule has 0 unspecified atom stereocenters. The molecule has 3 heterocycles. The molecule has 0 radical (unpaired) electrons. The summed E-state index contributed by atoms with van der Waals surface area (Å²) >= 11 is 0. The summed E-state index contributed by atoms with van der Waals surface area (Å²) in [6.45, 7) is 11.8. The summed E-state index contributed by atoms with van der Waals surface area (Å²) in [7, 11) is -4.03. The second-order valence-corrected chi connectivity index (χ2v) is 12.7. The van der Waals surface area contributed by atoms with Gasteiger partial charge in [0.2, 0.25) is 20.8 Å². The zero-order valence-electron chi connectivity index (χ0n) is 23.3. The van der Waals surface area contributed by atoms with Crippen LogP contribution in [0.25, 0.3) is 16.6 Å². The Hall–Kier alpha value is -3.77. The topological polar surface area (TPSA) is 133 Å². The second kappa shape index (κ2) is 11.0. The largest absolute Gasteiger partial charge is 0.369 e. The summed E-state index contributed by atoms with van der Waals surface area (Å²) < 4.78 is 28.5. The number of H-pyrrole nitrogens is 1. The van der Waals surface area contributed by atoms with Crippen molar-refractivity contribution in [3.63, 3.8) is 0 Å². The first-order valence-corrected chi connectivity index (χ1v) is 15.0. The third kappa shape index (κ3) is 5.46. The summed E-state index contributed by atoms with van der Waals surface area (Å²) in [4.78, 5) is 33.8. The predicted octanol–water partition coefficient (Wildman–Crippen LogP) is 2.30. The van der Waals surface area contributed by atoms with E-state index >= 15 is 0 Å². The van der Waals surface area contributed by atoms with Crippen LogP contribution in [0.5, 0.6) is 0 Å². The number of carbonyl (C=O) groups is 1. The Morgan fingerprint density at radius 2 is 1.82 bits per heavy atom. The Kier molecular flexibility index (Phi) is 7.65. The molecule has 12 heteroatoms. The van der Waals surface area contributed by atoms with E-state index in [0.717, 1.165) is 30.8 Å². The Morgan fingerprint density at radius 3 is 2.52 bits per heavy atom. The standard InChI is InChI=1S/C28H35N7O4S/c1-18(2)9-10-29-25(36)17-33-11-13-34(14-12-33)21-6-7-22-23(16-21)35-26(30-27(22)37)28(31-32-35)40(38,39)24-8-5-19(3)15-20(24)4/h5-8,15-16,18,32H,9-14,17H2,1-4H3,(H,29,36). The van der Waals surface area contributed by atoms with Crippen molar-refractivity contribution in [2.75, 3.05) is 44.2 Å². The van der Waals surface area contributed by atoms with Gasteiger partial charge in [-0.2, -0.15) is 4.98 Å². The van der Waals surface area contributed by atoms with E-state index in [4.69, 9.17) is 0 Å². The van der Waals surface area contributed by atoms with Crippen molar-refractivity contribution in [2.24, 2.45) is 5.92 Å². The van der Waals surface area contributed by atoms with Crippen LogP contribution in [0, 0.1) is 19.8 Å². The quantitative estimate of drug-likeness (QED) is 0.333. The van der Waals surface area contributed by atoms with E-state index < -0.39 is 15.4 Å². The van der Waals surface area contributed by atoms with Crippen LogP contribution in [0.2, 0.25) is 0 Å². The third-order valence-corrected chi connectivity index (χ3v) is 9.16. The molecule has 1 aliphatic heterocycles. The number of fused-ring (bicyclic) bond motifs is 3. The average molecular weight is 566 g/mol. The minimum Gasteiger partial charge on any atom is -0.369 e. The minimum atomic E-state index is -4.03. The number of piperazine rings is 1. The van der Waals surface area contributed by atoms with Gasteiger partial charge in [0, 0.05) is 38.4 Å². The number of aromatic nitrogens is 4. The lowest BCUT2D eigenvalue weighted by Gasteiger charge is -2.35. The SMILES string of the molecule is Cc1ccc(S(=O)(=O)c2n[nH]n3c2nc(=O)c2ccc(N4CCN(CC(=O)NCCC(C)C)CC4)cc23)c(C)c1. The van der Waals surface area contributed by atoms with Crippen LogP contribution in [0.3, 0.4) is 0 Å². The summed E-state index contributed by atoms with van der Waals surface area (Å²) in [5.74, 6) is 0.591. The highest BCUT2D eigenvalue weighted by Crippen LogP contribution is 2.27. The molecule has 1 amide bonds. The maximum Gasteiger partial charge on any atom is 0.281 e. The molecule has 40 heavy (non-hydrogen) atoms. The summed E-state index contributed by atoms with van der Waals surface area (Å²) in [6.07, 6.45) is 0.961. The zero-order valence-corrected chi connectivity index (χ0v) is 24.1. The molecule has 1 saturated heterocycles. The van der Waals surface area contributed by atoms with Crippen molar-refractivity contribution in [3.8, 4) is 0 Å². The van der Waals surface area contributed by atoms with Crippen LogP contribution in [-0.2, 0) is 14.6 Å². The first-order chi connectivity index (χ1) is 19.0. The van der Waals surface area contributed by atoms with E-state index in [2.05, 4.69) is 44.3 Å². The van der Waals surface area contributed by atoms with Crippen LogP contribution in [0.4, 0.5) is 5.69 Å². The van der Waals surface area contributed by atoms with Gasteiger partial charge in [-0.15, -0.1) is 5.10 Å². The Morgan fingerprint density at radius 1 is 1.07 bits per heavy atom. The average Bonchev–Trinajstić information content (AvgIpc) is 3.33. The minimum absolute atomic E-state index is 0.0390. The van der Waals surface area contributed by atoms with Crippen LogP contribution in [0.1, 0.15) is 31.4 Å². The van der Waals surface area contributed by atoms with Gasteiger partial charge < -0.3 is 10.2 Å². The Bertz CT molecular complexity index is 1730. The van der Waals surface area contributed by atoms with E-state index in [1.807, 2.05) is 19.1 Å². The highest BCUT2D eigenvalue weighted by molar-refractivity contribution is 7.91. The fraction of sp³-hybridized carbons (Fsp3) is 0.429. The van der Waals surface area contributed by atoms with Gasteiger partial charge in [0.15, 0.2) is 5.65 Å². The molecule has 2 aromatic heterocycles. The Balaban J connectivity index is 1.39. The number of hydrogen-bond acceptors (Lipinski definition) is 8. The number of nitrogens with one attached hydrogen (secondary N) is 2. The maximum atomic E-state index is 13.5. The fourth-order valence-corrected chi connectivity index (χ4v) is 6.58. The summed E-state index contributed by atoms with van der Waals surface area (Å²) in [6, 6.07) is 10.5. The van der Waals surface area contributed by atoms with E-state index in [0.29, 0.717) is 48.6 Å². The van der Waals surface area contributed by atoms with Gasteiger partial charge in [0.1, 0.15) is 0 Å². The van der Waals surface area contributed by atoms with E-state index in [1.54, 1.807) is 31.2 Å². The first kappa shape index (κ1) is 27.8. The highest BCUT2D eigenvalue weighted by Gasteiger charge is 2.28. The zero-order chi connectivity index (χ0) is 28.6. The molecule has 212 valence electrons. The van der Waals surface area contributed by atoms with Crippen molar-refractivity contribution >= 4 is 38.0 Å². The molecule has 0 saturated carbocycles. The monoisotopic (exact) mass is 565 g/mol. The van der Waals surface area contributed by atoms with E-state index in [1.165, 1.54) is 4.52 Å². The molecule has 4 aromatic rings. The molecule has 0 atom stereocenters. The van der Waals surface area contributed by atoms with Crippen LogP contribution in [-0.4, -0.2) is 78.3 Å². The lowest BCUT2D eigenvalue weighted by Crippen LogP contribution is -2.49. The van der Waals surface area contributed by atoms with Crippen molar-refractivity contribution in [3.05, 3.63) is 57.9 Å². The molecular formula is C28H35N7O4S.